The Kier molecular flexibility index (Phi) is 3.14. The van der Waals surface area contributed by atoms with Crippen LogP contribution in [0.5, 0.6) is 0 Å². The molecule has 0 spiro atoms. The lowest BCUT2D eigenvalue weighted by Gasteiger charge is -2.27. The number of nitrogens with one attached hydrogen (secondary N) is 1. The van der Waals surface area contributed by atoms with Crippen molar-refractivity contribution in [2.45, 2.75) is 23.1 Å². The van der Waals surface area contributed by atoms with E-state index in [-0.39, 0.29) is 5.03 Å². The molecule has 20 heavy (non-hydrogen) atoms. The molecular weight excluding hydrogens is 338 g/mol. The first-order chi connectivity index (χ1) is 9.42. The number of halogens is 1. The second-order valence-corrected chi connectivity index (χ2v) is 8.58. The van der Waals surface area contributed by atoms with Gasteiger partial charge in [0.15, 0.2) is 0 Å². The van der Waals surface area contributed by atoms with Gasteiger partial charge in [-0.1, -0.05) is 52.4 Å². The summed E-state index contributed by atoms with van der Waals surface area (Å²) in [5, 5.41) is 1.18. The zero-order valence-corrected chi connectivity index (χ0v) is 13.3. The van der Waals surface area contributed by atoms with Gasteiger partial charge in [0, 0.05) is 17.3 Å². The number of benzene rings is 1. The first-order valence-corrected chi connectivity index (χ1v) is 8.56. The Morgan fingerprint density at radius 2 is 2.05 bits per heavy atom. The van der Waals surface area contributed by atoms with Gasteiger partial charge in [-0.15, -0.1) is 0 Å². The average Bonchev–Trinajstić information content (AvgIpc) is 2.82. The Hall–Kier alpha value is -1.33. The zero-order valence-electron chi connectivity index (χ0n) is 10.9. The molecule has 1 unspecified atom stereocenters. The summed E-state index contributed by atoms with van der Waals surface area (Å²) >= 11 is 3.40. The summed E-state index contributed by atoms with van der Waals surface area (Å²) in [6, 6.07) is 9.27. The fourth-order valence-corrected chi connectivity index (χ4v) is 4.99. The Balaban J connectivity index is 2.12. The largest absolute Gasteiger partial charge is 0.346 e. The van der Waals surface area contributed by atoms with Gasteiger partial charge in [0.2, 0.25) is 9.84 Å². The van der Waals surface area contributed by atoms with Crippen LogP contribution in [0.3, 0.4) is 0 Å². The highest BCUT2D eigenvalue weighted by Crippen LogP contribution is 2.37. The fraction of sp³-hybridized carbons (Fsp3) is 0.200. The zero-order chi connectivity index (χ0) is 14.4. The summed E-state index contributed by atoms with van der Waals surface area (Å²) in [5.41, 5.74) is 0.837. The second kappa shape index (κ2) is 4.60. The number of allylic oxidation sites excluding steroid dienone is 3. The van der Waals surface area contributed by atoms with Gasteiger partial charge in [0.05, 0.1) is 4.75 Å². The molecule has 1 N–H and O–H groups in total. The molecule has 0 fully saturated rings. The molecule has 0 saturated carbocycles. The van der Waals surface area contributed by atoms with Gasteiger partial charge in [-0.3, -0.25) is 0 Å². The molecule has 5 heteroatoms. The Bertz CT molecular complexity index is 799. The molecule has 0 bridgehead atoms. The van der Waals surface area contributed by atoms with Gasteiger partial charge in [-0.05, 0) is 23.5 Å². The first-order valence-electron chi connectivity index (χ1n) is 6.29. The molecule has 1 aromatic carbocycles. The second-order valence-electron chi connectivity index (χ2n) is 5.19. The molecule has 3 nitrogen and oxygen atoms in total. The van der Waals surface area contributed by atoms with Crippen LogP contribution in [0.1, 0.15) is 13.3 Å². The quantitative estimate of drug-likeness (QED) is 0.890. The molecule has 0 aliphatic heterocycles. The maximum absolute atomic E-state index is 12.9. The number of sulfone groups is 1. The van der Waals surface area contributed by atoms with Gasteiger partial charge < -0.3 is 4.98 Å². The van der Waals surface area contributed by atoms with E-state index >= 15 is 0 Å². The predicted octanol–water partition coefficient (Wildman–Crippen LogP) is 3.94. The highest BCUT2D eigenvalue weighted by Gasteiger charge is 2.40. The normalized spacial score (nSPS) is 23.0. The van der Waals surface area contributed by atoms with Crippen molar-refractivity contribution in [3.8, 4) is 0 Å². The molecule has 104 valence electrons. The summed E-state index contributed by atoms with van der Waals surface area (Å²) in [4.78, 5) is 3.02. The minimum absolute atomic E-state index is 0.271. The summed E-state index contributed by atoms with van der Waals surface area (Å²) in [6.45, 7) is 1.75. The van der Waals surface area contributed by atoms with E-state index in [4.69, 9.17) is 0 Å². The number of H-pyrrole nitrogens is 1. The lowest BCUT2D eigenvalue weighted by Crippen LogP contribution is -2.34. The van der Waals surface area contributed by atoms with Crippen molar-refractivity contribution in [1.29, 1.82) is 0 Å². The maximum atomic E-state index is 12.9. The number of aromatic nitrogens is 1. The molecule has 0 amide bonds. The van der Waals surface area contributed by atoms with Crippen molar-refractivity contribution in [2.24, 2.45) is 0 Å². The predicted molar refractivity (Wildman–Crippen MR) is 84.7 cm³/mol. The number of aromatic amines is 1. The number of para-hydroxylation sites is 1. The number of hydrogen-bond acceptors (Lipinski definition) is 2. The molecular formula is C15H14BrNO2S. The van der Waals surface area contributed by atoms with Crippen molar-refractivity contribution < 1.29 is 8.42 Å². The van der Waals surface area contributed by atoms with Gasteiger partial charge >= 0.3 is 0 Å². The summed E-state index contributed by atoms with van der Waals surface area (Å²) < 4.78 is 25.7. The molecule has 2 aromatic rings. The minimum Gasteiger partial charge on any atom is -0.346 e. The van der Waals surface area contributed by atoms with Crippen LogP contribution in [0.2, 0.25) is 0 Å². The van der Waals surface area contributed by atoms with Gasteiger partial charge in [0.1, 0.15) is 5.03 Å². The van der Waals surface area contributed by atoms with Crippen LogP contribution >= 0.6 is 15.9 Å². The van der Waals surface area contributed by atoms with Crippen molar-refractivity contribution in [1.82, 2.24) is 4.98 Å². The van der Waals surface area contributed by atoms with E-state index in [1.165, 1.54) is 0 Å². The van der Waals surface area contributed by atoms with E-state index < -0.39 is 14.6 Å². The molecule has 1 atom stereocenters. The van der Waals surface area contributed by atoms with Crippen molar-refractivity contribution in [2.75, 3.05) is 0 Å². The maximum Gasteiger partial charge on any atom is 0.202 e. The highest BCUT2D eigenvalue weighted by atomic mass is 79.9. The summed E-state index contributed by atoms with van der Waals surface area (Å²) in [6.07, 6.45) is 5.86. The molecule has 1 aliphatic carbocycles. The topological polar surface area (TPSA) is 49.9 Å². The monoisotopic (exact) mass is 351 g/mol. The summed E-state index contributed by atoms with van der Waals surface area (Å²) in [5.74, 6) is 0. The number of fused-ring (bicyclic) bond motifs is 1. The van der Waals surface area contributed by atoms with E-state index in [9.17, 15) is 8.42 Å². The number of hydrogen-bond donors (Lipinski definition) is 1. The van der Waals surface area contributed by atoms with Crippen LogP contribution in [0.4, 0.5) is 0 Å². The Labute approximate surface area is 126 Å². The van der Waals surface area contributed by atoms with Crippen LogP contribution in [0.15, 0.2) is 58.1 Å². The molecule has 0 radical (unpaired) electrons. The van der Waals surface area contributed by atoms with E-state index in [2.05, 4.69) is 20.9 Å². The lowest BCUT2D eigenvalue weighted by molar-refractivity contribution is 0.559. The minimum atomic E-state index is -3.47. The third-order valence-corrected chi connectivity index (χ3v) is 6.51. The van der Waals surface area contributed by atoms with Crippen LogP contribution in [-0.2, 0) is 9.84 Å². The van der Waals surface area contributed by atoms with Crippen molar-refractivity contribution in [3.63, 3.8) is 0 Å². The standard InChI is InChI=1S/C15H14BrNO2S/c1-15(8-4-6-12(16)10-15)20(18,19)14-9-11-5-2-3-7-13(11)17-14/h2-9,17H,10H2,1H3. The Morgan fingerprint density at radius 3 is 2.75 bits per heavy atom. The third-order valence-electron chi connectivity index (χ3n) is 3.65. The van der Waals surface area contributed by atoms with Crippen LogP contribution < -0.4 is 0 Å². The molecule has 1 aromatic heterocycles. The van der Waals surface area contributed by atoms with Crippen molar-refractivity contribution >= 4 is 36.7 Å². The summed E-state index contributed by atoms with van der Waals surface area (Å²) in [7, 11) is -3.47. The lowest BCUT2D eigenvalue weighted by atomic mass is 10.0. The van der Waals surface area contributed by atoms with Crippen LogP contribution in [0, 0.1) is 0 Å². The fourth-order valence-electron chi connectivity index (χ4n) is 2.44. The Morgan fingerprint density at radius 1 is 1.30 bits per heavy atom. The van der Waals surface area contributed by atoms with Crippen LogP contribution in [0.25, 0.3) is 10.9 Å². The molecule has 1 heterocycles. The van der Waals surface area contributed by atoms with E-state index in [0.717, 1.165) is 15.4 Å². The molecule has 1 aliphatic rings. The number of rotatable bonds is 2. The van der Waals surface area contributed by atoms with Crippen LogP contribution in [-0.4, -0.2) is 18.1 Å². The highest BCUT2D eigenvalue weighted by molar-refractivity contribution is 9.11. The van der Waals surface area contributed by atoms with Gasteiger partial charge in [-0.25, -0.2) is 8.42 Å². The molecule has 3 rings (SSSR count). The SMILES string of the molecule is CC1(S(=O)(=O)c2cc3ccccc3[nH]2)C=CC=C(Br)C1. The smallest absolute Gasteiger partial charge is 0.202 e. The van der Waals surface area contributed by atoms with Gasteiger partial charge in [-0.2, -0.15) is 0 Å². The first kappa shape index (κ1) is 13.6. The van der Waals surface area contributed by atoms with E-state index in [1.54, 1.807) is 25.1 Å². The van der Waals surface area contributed by atoms with E-state index in [0.29, 0.717) is 6.42 Å². The van der Waals surface area contributed by atoms with E-state index in [1.807, 2.05) is 30.3 Å². The third kappa shape index (κ3) is 2.05. The van der Waals surface area contributed by atoms with Gasteiger partial charge in [0.25, 0.3) is 0 Å². The van der Waals surface area contributed by atoms with Crippen molar-refractivity contribution in [3.05, 3.63) is 53.0 Å². The molecule has 0 saturated heterocycles. The average molecular weight is 352 g/mol.